The molecule has 0 bridgehead atoms. The summed E-state index contributed by atoms with van der Waals surface area (Å²) < 4.78 is 40.9. The van der Waals surface area contributed by atoms with Gasteiger partial charge in [0.15, 0.2) is 6.61 Å². The summed E-state index contributed by atoms with van der Waals surface area (Å²) in [6.07, 6.45) is -2.91. The van der Waals surface area contributed by atoms with E-state index in [2.05, 4.69) is 20.0 Å². The number of carbonyl (C=O) groups is 1. The number of halogens is 3. The molecule has 29 heavy (non-hydrogen) atoms. The zero-order valence-electron chi connectivity index (χ0n) is 15.5. The molecule has 0 aliphatic rings. The average molecular weight is 421 g/mol. The molecular weight excluding hydrogens is 403 g/mol. The molecule has 152 valence electrons. The molecule has 0 aliphatic heterocycles. The number of amides is 1. The zero-order valence-corrected chi connectivity index (χ0v) is 16.3. The van der Waals surface area contributed by atoms with Crippen LogP contribution in [0.5, 0.6) is 5.88 Å². The maximum Gasteiger partial charge on any atom is 0.422 e. The van der Waals surface area contributed by atoms with Crippen LogP contribution in [0.15, 0.2) is 48.0 Å². The highest BCUT2D eigenvalue weighted by Gasteiger charge is 2.28. The third-order valence-electron chi connectivity index (χ3n) is 3.83. The van der Waals surface area contributed by atoms with Gasteiger partial charge in [-0.15, -0.1) is 11.3 Å². The number of carbonyl (C=O) groups excluding carboxylic acids is 1. The van der Waals surface area contributed by atoms with Crippen molar-refractivity contribution in [2.24, 2.45) is 0 Å². The van der Waals surface area contributed by atoms with E-state index in [0.29, 0.717) is 11.3 Å². The van der Waals surface area contributed by atoms with Gasteiger partial charge in [0.05, 0.1) is 12.1 Å². The number of benzene rings is 1. The minimum absolute atomic E-state index is 0.122. The van der Waals surface area contributed by atoms with Crippen LogP contribution in [0.3, 0.4) is 0 Å². The lowest BCUT2D eigenvalue weighted by Gasteiger charge is -2.09. The van der Waals surface area contributed by atoms with Gasteiger partial charge in [-0.1, -0.05) is 29.8 Å². The number of thiazole rings is 1. The molecule has 0 radical (unpaired) electrons. The summed E-state index contributed by atoms with van der Waals surface area (Å²) in [6, 6.07) is 10.9. The van der Waals surface area contributed by atoms with Crippen molar-refractivity contribution in [2.45, 2.75) is 26.1 Å². The first-order valence-electron chi connectivity index (χ1n) is 8.71. The number of nitrogens with zero attached hydrogens (tertiary/aromatic N) is 2. The minimum atomic E-state index is -4.41. The Kier molecular flexibility index (Phi) is 6.48. The number of alkyl halides is 3. The van der Waals surface area contributed by atoms with Crippen molar-refractivity contribution in [1.82, 2.24) is 15.3 Å². The SMILES string of the molecule is Cc1cccc(-c2nc(CC(=O)NCc3ccc(OCC(F)(F)F)nc3)cs2)c1. The van der Waals surface area contributed by atoms with E-state index < -0.39 is 12.8 Å². The monoisotopic (exact) mass is 421 g/mol. The number of rotatable bonds is 7. The Morgan fingerprint density at radius 3 is 2.76 bits per heavy atom. The topological polar surface area (TPSA) is 64.1 Å². The highest BCUT2D eigenvalue weighted by atomic mass is 32.1. The van der Waals surface area contributed by atoms with Gasteiger partial charge in [-0.2, -0.15) is 13.2 Å². The van der Waals surface area contributed by atoms with Gasteiger partial charge in [0.2, 0.25) is 11.8 Å². The van der Waals surface area contributed by atoms with Crippen molar-refractivity contribution in [3.63, 3.8) is 0 Å². The fourth-order valence-electron chi connectivity index (χ4n) is 2.48. The first-order valence-corrected chi connectivity index (χ1v) is 9.59. The highest BCUT2D eigenvalue weighted by Crippen LogP contribution is 2.24. The first-order chi connectivity index (χ1) is 13.8. The molecule has 1 N–H and O–H groups in total. The van der Waals surface area contributed by atoms with Gasteiger partial charge in [-0.05, 0) is 18.6 Å². The van der Waals surface area contributed by atoms with Crippen molar-refractivity contribution in [2.75, 3.05) is 6.61 Å². The van der Waals surface area contributed by atoms with E-state index in [0.717, 1.165) is 16.1 Å². The fraction of sp³-hybridized carbons (Fsp3) is 0.250. The second-order valence-corrected chi connectivity index (χ2v) is 7.23. The third-order valence-corrected chi connectivity index (χ3v) is 4.77. The molecule has 1 aromatic carbocycles. The summed E-state index contributed by atoms with van der Waals surface area (Å²) in [4.78, 5) is 20.5. The molecule has 3 aromatic rings. The minimum Gasteiger partial charge on any atom is -0.468 e. The molecular formula is C20H18F3N3O2S. The fourth-order valence-corrected chi connectivity index (χ4v) is 3.30. The molecule has 0 saturated heterocycles. The molecule has 5 nitrogen and oxygen atoms in total. The number of pyridine rings is 1. The molecule has 0 fully saturated rings. The molecule has 1 amide bonds. The number of ether oxygens (including phenoxy) is 1. The molecule has 0 aliphatic carbocycles. The maximum atomic E-state index is 12.1. The van der Waals surface area contributed by atoms with Crippen LogP contribution in [0.1, 0.15) is 16.8 Å². The van der Waals surface area contributed by atoms with Crippen molar-refractivity contribution < 1.29 is 22.7 Å². The molecule has 0 saturated carbocycles. The molecule has 2 aromatic heterocycles. The van der Waals surface area contributed by atoms with Crippen molar-refractivity contribution in [3.05, 3.63) is 64.8 Å². The Morgan fingerprint density at radius 1 is 1.24 bits per heavy atom. The van der Waals surface area contributed by atoms with Gasteiger partial charge in [0.25, 0.3) is 0 Å². The first kappa shape index (κ1) is 20.8. The Hall–Kier alpha value is -2.94. The van der Waals surface area contributed by atoms with Crippen molar-refractivity contribution in [3.8, 4) is 16.5 Å². The number of aryl methyl sites for hydroxylation is 1. The van der Waals surface area contributed by atoms with Crippen LogP contribution in [0.4, 0.5) is 13.2 Å². The lowest BCUT2D eigenvalue weighted by atomic mass is 10.1. The Morgan fingerprint density at radius 2 is 2.07 bits per heavy atom. The van der Waals surface area contributed by atoms with Crippen LogP contribution in [0.2, 0.25) is 0 Å². The van der Waals surface area contributed by atoms with Crippen LogP contribution in [0.25, 0.3) is 10.6 Å². The zero-order chi connectivity index (χ0) is 20.9. The normalized spacial score (nSPS) is 11.3. The van der Waals surface area contributed by atoms with Gasteiger partial charge in [0, 0.05) is 29.8 Å². The Balaban J connectivity index is 1.49. The van der Waals surface area contributed by atoms with Gasteiger partial charge >= 0.3 is 6.18 Å². The van der Waals surface area contributed by atoms with E-state index in [-0.39, 0.29) is 24.8 Å². The van der Waals surface area contributed by atoms with E-state index in [1.165, 1.54) is 23.6 Å². The largest absolute Gasteiger partial charge is 0.468 e. The van der Waals surface area contributed by atoms with Crippen LogP contribution in [-0.4, -0.2) is 28.7 Å². The third kappa shape index (κ3) is 6.56. The predicted molar refractivity (Wildman–Crippen MR) is 104 cm³/mol. The lowest BCUT2D eigenvalue weighted by Crippen LogP contribution is -2.24. The summed E-state index contributed by atoms with van der Waals surface area (Å²) in [5.74, 6) is -0.327. The second kappa shape index (κ2) is 9.04. The average Bonchev–Trinajstić information content (AvgIpc) is 3.13. The lowest BCUT2D eigenvalue weighted by molar-refractivity contribution is -0.154. The maximum absolute atomic E-state index is 12.1. The Bertz CT molecular complexity index is 972. The second-order valence-electron chi connectivity index (χ2n) is 6.38. The van der Waals surface area contributed by atoms with Gasteiger partial charge < -0.3 is 10.1 Å². The standard InChI is InChI=1S/C20H18F3N3O2S/c1-13-3-2-4-15(7-13)19-26-16(11-29-19)8-17(27)24-9-14-5-6-18(25-10-14)28-12-20(21,22)23/h2-7,10-11H,8-9,12H2,1H3,(H,24,27). The summed E-state index contributed by atoms with van der Waals surface area (Å²) in [5.41, 5.74) is 3.48. The van der Waals surface area contributed by atoms with Crippen molar-refractivity contribution in [1.29, 1.82) is 0 Å². The molecule has 0 atom stereocenters. The van der Waals surface area contributed by atoms with E-state index in [9.17, 15) is 18.0 Å². The van der Waals surface area contributed by atoms with E-state index in [4.69, 9.17) is 0 Å². The van der Waals surface area contributed by atoms with E-state index in [1.54, 1.807) is 6.07 Å². The molecule has 3 rings (SSSR count). The molecule has 9 heteroatoms. The van der Waals surface area contributed by atoms with E-state index >= 15 is 0 Å². The summed E-state index contributed by atoms with van der Waals surface area (Å²) in [7, 11) is 0. The predicted octanol–water partition coefficient (Wildman–Crippen LogP) is 4.31. The summed E-state index contributed by atoms with van der Waals surface area (Å²) in [6.45, 7) is 0.823. The molecule has 0 spiro atoms. The molecule has 0 unspecified atom stereocenters. The van der Waals surface area contributed by atoms with Gasteiger partial charge in [-0.25, -0.2) is 9.97 Å². The highest BCUT2D eigenvalue weighted by molar-refractivity contribution is 7.13. The van der Waals surface area contributed by atoms with E-state index in [1.807, 2.05) is 36.6 Å². The van der Waals surface area contributed by atoms with Crippen LogP contribution in [-0.2, 0) is 17.8 Å². The summed E-state index contributed by atoms with van der Waals surface area (Å²) >= 11 is 1.48. The number of hydrogen-bond donors (Lipinski definition) is 1. The van der Waals surface area contributed by atoms with Crippen LogP contribution < -0.4 is 10.1 Å². The smallest absolute Gasteiger partial charge is 0.422 e. The molecule has 2 heterocycles. The summed E-state index contributed by atoms with van der Waals surface area (Å²) in [5, 5.41) is 5.46. The number of nitrogens with one attached hydrogen (secondary N) is 1. The van der Waals surface area contributed by atoms with Crippen LogP contribution in [0, 0.1) is 6.92 Å². The number of aromatic nitrogens is 2. The van der Waals surface area contributed by atoms with Gasteiger partial charge in [0.1, 0.15) is 5.01 Å². The van der Waals surface area contributed by atoms with Crippen molar-refractivity contribution >= 4 is 17.2 Å². The van der Waals surface area contributed by atoms with Gasteiger partial charge in [-0.3, -0.25) is 4.79 Å². The van der Waals surface area contributed by atoms with Crippen LogP contribution >= 0.6 is 11.3 Å². The number of hydrogen-bond acceptors (Lipinski definition) is 5. The Labute approximate surface area is 169 Å². The quantitative estimate of drug-likeness (QED) is 0.617.